The summed E-state index contributed by atoms with van der Waals surface area (Å²) in [5.41, 5.74) is 5.75. The Labute approximate surface area is 167 Å². The molecule has 6 N–H and O–H groups in total. The number of carbonyl (C=O) groups excluding carboxylic acids is 3. The molecule has 0 aromatic rings. The SMILES string of the molecule is CSCCC(N)C(=O)NC(CS)C(=O)NC(CS)C(=O)NC(C)C(=O)O. The lowest BCUT2D eigenvalue weighted by molar-refractivity contribution is -0.141. The summed E-state index contributed by atoms with van der Waals surface area (Å²) in [4.78, 5) is 47.1. The van der Waals surface area contributed by atoms with Gasteiger partial charge in [-0.1, -0.05) is 0 Å². The molecule has 0 fully saturated rings. The summed E-state index contributed by atoms with van der Waals surface area (Å²) < 4.78 is 0. The van der Waals surface area contributed by atoms with Crippen LogP contribution in [-0.2, 0) is 19.2 Å². The van der Waals surface area contributed by atoms with Crippen LogP contribution < -0.4 is 21.7 Å². The quantitative estimate of drug-likeness (QED) is 0.187. The first-order valence-corrected chi connectivity index (χ1v) is 10.4. The van der Waals surface area contributed by atoms with Crippen molar-refractivity contribution in [3.05, 3.63) is 0 Å². The van der Waals surface area contributed by atoms with E-state index >= 15 is 0 Å². The maximum Gasteiger partial charge on any atom is 0.325 e. The number of nitrogens with two attached hydrogens (primary N) is 1. The molecule has 3 amide bonds. The smallest absolute Gasteiger partial charge is 0.325 e. The lowest BCUT2D eigenvalue weighted by Crippen LogP contribution is -2.58. The second kappa shape index (κ2) is 13.1. The molecule has 0 saturated carbocycles. The van der Waals surface area contributed by atoms with Crippen molar-refractivity contribution < 1.29 is 24.3 Å². The fourth-order valence-electron chi connectivity index (χ4n) is 1.69. The monoisotopic (exact) mass is 426 g/mol. The predicted molar refractivity (Wildman–Crippen MR) is 108 cm³/mol. The minimum Gasteiger partial charge on any atom is -0.480 e. The Hall–Kier alpha value is -1.11. The molecule has 0 rings (SSSR count). The minimum atomic E-state index is -1.21. The fraction of sp³-hybridized carbons (Fsp3) is 0.714. The van der Waals surface area contributed by atoms with Crippen LogP contribution >= 0.6 is 37.0 Å². The zero-order valence-electron chi connectivity index (χ0n) is 14.6. The predicted octanol–water partition coefficient (Wildman–Crippen LogP) is -1.51. The molecule has 0 radical (unpaired) electrons. The maximum absolute atomic E-state index is 12.3. The van der Waals surface area contributed by atoms with E-state index < -0.39 is 47.9 Å². The number of carboxylic acid groups (broad SMARTS) is 1. The highest BCUT2D eigenvalue weighted by Gasteiger charge is 2.27. The Balaban J connectivity index is 4.77. The Morgan fingerprint density at radius 3 is 1.88 bits per heavy atom. The number of hydrogen-bond acceptors (Lipinski definition) is 8. The molecule has 26 heavy (non-hydrogen) atoms. The van der Waals surface area contributed by atoms with Gasteiger partial charge in [0, 0.05) is 11.5 Å². The maximum atomic E-state index is 12.3. The Morgan fingerprint density at radius 2 is 1.46 bits per heavy atom. The molecular weight excluding hydrogens is 400 g/mol. The highest BCUT2D eigenvalue weighted by atomic mass is 32.2. The van der Waals surface area contributed by atoms with Crippen molar-refractivity contribution in [2.45, 2.75) is 37.5 Å². The standard InChI is InChI=1S/C14H26N4O5S3/c1-7(14(22)23)16-12(20)9(5-24)18-13(21)10(6-25)17-11(19)8(15)3-4-26-2/h7-10,24-25H,3-6,15H2,1-2H3,(H,16,20)(H,17,19)(H,18,21)(H,22,23). The third kappa shape index (κ3) is 9.01. The van der Waals surface area contributed by atoms with Crippen molar-refractivity contribution in [2.24, 2.45) is 5.73 Å². The average molecular weight is 427 g/mol. The number of amides is 3. The number of rotatable bonds is 12. The van der Waals surface area contributed by atoms with Crippen LogP contribution in [0.15, 0.2) is 0 Å². The summed E-state index contributed by atoms with van der Waals surface area (Å²) in [6, 6.07) is -3.91. The first-order chi connectivity index (χ1) is 12.2. The number of thiol groups is 2. The van der Waals surface area contributed by atoms with Crippen LogP contribution in [-0.4, -0.2) is 76.5 Å². The second-order valence-electron chi connectivity index (χ2n) is 5.44. The van der Waals surface area contributed by atoms with Crippen LogP contribution in [0.1, 0.15) is 13.3 Å². The summed E-state index contributed by atoms with van der Waals surface area (Å²) >= 11 is 9.58. The summed E-state index contributed by atoms with van der Waals surface area (Å²) in [6.45, 7) is 1.30. The summed E-state index contributed by atoms with van der Waals surface area (Å²) in [5.74, 6) is -2.37. The fourth-order valence-corrected chi connectivity index (χ4v) is 2.69. The van der Waals surface area contributed by atoms with Gasteiger partial charge < -0.3 is 26.8 Å². The minimum absolute atomic E-state index is 0.000734. The number of carboxylic acids is 1. The van der Waals surface area contributed by atoms with Crippen LogP contribution in [0.25, 0.3) is 0 Å². The van der Waals surface area contributed by atoms with Crippen molar-refractivity contribution in [2.75, 3.05) is 23.5 Å². The van der Waals surface area contributed by atoms with E-state index in [4.69, 9.17) is 10.8 Å². The molecule has 0 aliphatic heterocycles. The van der Waals surface area contributed by atoms with E-state index in [2.05, 4.69) is 41.2 Å². The van der Waals surface area contributed by atoms with Gasteiger partial charge in [0.25, 0.3) is 0 Å². The first kappa shape index (κ1) is 24.9. The summed E-state index contributed by atoms with van der Waals surface area (Å²) in [6.07, 6.45) is 2.35. The van der Waals surface area contributed by atoms with Gasteiger partial charge in [-0.2, -0.15) is 37.0 Å². The lowest BCUT2D eigenvalue weighted by Gasteiger charge is -2.23. The molecule has 0 aromatic heterocycles. The van der Waals surface area contributed by atoms with Crippen molar-refractivity contribution >= 4 is 60.7 Å². The third-order valence-electron chi connectivity index (χ3n) is 3.33. The third-order valence-corrected chi connectivity index (χ3v) is 4.70. The molecule has 4 unspecified atom stereocenters. The van der Waals surface area contributed by atoms with Crippen LogP contribution in [0.5, 0.6) is 0 Å². The summed E-state index contributed by atoms with van der Waals surface area (Å²) in [7, 11) is 0. The molecule has 0 spiro atoms. The van der Waals surface area contributed by atoms with Crippen molar-refractivity contribution in [3.63, 3.8) is 0 Å². The normalized spacial score (nSPS) is 15.3. The molecule has 0 aliphatic carbocycles. The van der Waals surface area contributed by atoms with E-state index in [0.717, 1.165) is 0 Å². The number of hydrogen-bond donors (Lipinski definition) is 7. The topological polar surface area (TPSA) is 151 Å². The van der Waals surface area contributed by atoms with Crippen LogP contribution in [0.4, 0.5) is 0 Å². The zero-order chi connectivity index (χ0) is 20.3. The van der Waals surface area contributed by atoms with Gasteiger partial charge in [-0.05, 0) is 25.4 Å². The van der Waals surface area contributed by atoms with Gasteiger partial charge in [0.15, 0.2) is 0 Å². The van der Waals surface area contributed by atoms with Crippen LogP contribution in [0.2, 0.25) is 0 Å². The molecule has 9 nitrogen and oxygen atoms in total. The summed E-state index contributed by atoms with van der Waals surface area (Å²) in [5, 5.41) is 16.0. The zero-order valence-corrected chi connectivity index (χ0v) is 17.2. The lowest BCUT2D eigenvalue weighted by atomic mass is 10.2. The number of carbonyl (C=O) groups is 4. The Kier molecular flexibility index (Phi) is 12.6. The van der Waals surface area contributed by atoms with Gasteiger partial charge in [-0.3, -0.25) is 19.2 Å². The van der Waals surface area contributed by atoms with Gasteiger partial charge in [-0.15, -0.1) is 0 Å². The number of nitrogens with one attached hydrogen (secondary N) is 3. The molecule has 150 valence electrons. The molecule has 0 bridgehead atoms. The molecular formula is C14H26N4O5S3. The van der Waals surface area contributed by atoms with Gasteiger partial charge >= 0.3 is 5.97 Å². The van der Waals surface area contributed by atoms with E-state index in [1.165, 1.54) is 6.92 Å². The van der Waals surface area contributed by atoms with Crippen molar-refractivity contribution in [1.82, 2.24) is 16.0 Å². The molecule has 0 aromatic carbocycles. The van der Waals surface area contributed by atoms with Gasteiger partial charge in [-0.25, -0.2) is 0 Å². The molecule has 12 heteroatoms. The largest absolute Gasteiger partial charge is 0.480 e. The number of aliphatic carboxylic acids is 1. The van der Waals surface area contributed by atoms with Crippen LogP contribution in [0.3, 0.4) is 0 Å². The van der Waals surface area contributed by atoms with E-state index in [1.807, 2.05) is 6.26 Å². The molecule has 4 atom stereocenters. The van der Waals surface area contributed by atoms with Crippen molar-refractivity contribution in [3.8, 4) is 0 Å². The van der Waals surface area contributed by atoms with Gasteiger partial charge in [0.2, 0.25) is 17.7 Å². The second-order valence-corrected chi connectivity index (χ2v) is 7.16. The molecule has 0 aliphatic rings. The average Bonchev–Trinajstić information content (AvgIpc) is 2.60. The molecule has 0 saturated heterocycles. The van der Waals surface area contributed by atoms with Crippen molar-refractivity contribution in [1.29, 1.82) is 0 Å². The Morgan fingerprint density at radius 1 is 1.00 bits per heavy atom. The number of thioether (sulfide) groups is 1. The highest BCUT2D eigenvalue weighted by molar-refractivity contribution is 7.98. The Bertz CT molecular complexity index is 509. The van der Waals surface area contributed by atoms with Crippen LogP contribution in [0, 0.1) is 0 Å². The molecule has 0 heterocycles. The van der Waals surface area contributed by atoms with E-state index in [9.17, 15) is 19.2 Å². The van der Waals surface area contributed by atoms with E-state index in [1.54, 1.807) is 11.8 Å². The van der Waals surface area contributed by atoms with Gasteiger partial charge in [0.1, 0.15) is 18.1 Å². The highest BCUT2D eigenvalue weighted by Crippen LogP contribution is 2.00. The van der Waals surface area contributed by atoms with E-state index in [0.29, 0.717) is 12.2 Å². The van der Waals surface area contributed by atoms with E-state index in [-0.39, 0.29) is 11.5 Å². The first-order valence-electron chi connectivity index (χ1n) is 7.78. The van der Waals surface area contributed by atoms with Gasteiger partial charge in [0.05, 0.1) is 6.04 Å².